The average molecular weight is 510 g/mol. The van der Waals surface area contributed by atoms with Gasteiger partial charge < -0.3 is 25.6 Å². The molecule has 9 heteroatoms. The number of nitrogens with one attached hydrogen (secondary N) is 3. The number of rotatable bonds is 7. The monoisotopic (exact) mass is 509 g/mol. The van der Waals surface area contributed by atoms with Crippen molar-refractivity contribution in [2.45, 2.75) is 18.9 Å². The molecule has 1 saturated heterocycles. The molecule has 1 aliphatic heterocycles. The van der Waals surface area contributed by atoms with Crippen molar-refractivity contribution in [3.05, 3.63) is 29.3 Å². The van der Waals surface area contributed by atoms with Crippen LogP contribution in [-0.4, -0.2) is 64.9 Å². The fraction of sp³-hybridized carbons (Fsp3) is 0.556. The molecule has 7 nitrogen and oxygen atoms in total. The molecule has 1 unspecified atom stereocenters. The van der Waals surface area contributed by atoms with Crippen molar-refractivity contribution in [2.24, 2.45) is 4.99 Å². The van der Waals surface area contributed by atoms with Gasteiger partial charge in [0, 0.05) is 39.8 Å². The number of para-hydroxylation sites is 1. The second-order valence-electron chi connectivity index (χ2n) is 6.15. The highest BCUT2D eigenvalue weighted by molar-refractivity contribution is 14.0. The van der Waals surface area contributed by atoms with Gasteiger partial charge in [-0.15, -0.1) is 24.0 Å². The quantitative estimate of drug-likeness (QED) is 0.226. The number of benzene rings is 1. The summed E-state index contributed by atoms with van der Waals surface area (Å²) in [4.78, 5) is 18.3. The van der Waals surface area contributed by atoms with E-state index in [0.29, 0.717) is 19.1 Å². The molecule has 3 N–H and O–H groups in total. The number of carbonyl (C=O) groups is 1. The molecule has 0 aliphatic carbocycles. The topological polar surface area (TPSA) is 78.0 Å². The number of hydrogen-bond donors (Lipinski definition) is 3. The van der Waals surface area contributed by atoms with E-state index in [2.05, 4.69) is 25.8 Å². The number of anilines is 1. The van der Waals surface area contributed by atoms with Crippen LogP contribution in [0.15, 0.2) is 29.3 Å². The molecule has 1 amide bonds. The minimum atomic E-state index is -0.0914. The lowest BCUT2D eigenvalue weighted by Gasteiger charge is -2.35. The molecule has 0 saturated carbocycles. The summed E-state index contributed by atoms with van der Waals surface area (Å²) < 4.78 is 4.91. The molecule has 0 aromatic heterocycles. The highest BCUT2D eigenvalue weighted by Crippen LogP contribution is 2.27. The first-order chi connectivity index (χ1) is 12.6. The summed E-state index contributed by atoms with van der Waals surface area (Å²) in [6.07, 6.45) is 2.11. The zero-order chi connectivity index (χ0) is 18.8. The predicted octanol–water partition coefficient (Wildman–Crippen LogP) is 1.85. The summed E-state index contributed by atoms with van der Waals surface area (Å²) in [6, 6.07) is 8.14. The fourth-order valence-electron chi connectivity index (χ4n) is 2.93. The Morgan fingerprint density at radius 2 is 2.15 bits per heavy atom. The first kappa shape index (κ1) is 23.8. The van der Waals surface area contributed by atoms with Crippen LogP contribution in [0.25, 0.3) is 0 Å². The van der Waals surface area contributed by atoms with Crippen molar-refractivity contribution in [3.63, 3.8) is 0 Å². The van der Waals surface area contributed by atoms with Crippen LogP contribution in [0.1, 0.15) is 12.8 Å². The number of ether oxygens (including phenoxy) is 1. The van der Waals surface area contributed by atoms with Crippen molar-refractivity contribution in [3.8, 4) is 0 Å². The van der Waals surface area contributed by atoms with Crippen LogP contribution in [0.5, 0.6) is 0 Å². The normalized spacial score (nSPS) is 17.1. The van der Waals surface area contributed by atoms with Crippen LogP contribution in [0.2, 0.25) is 5.02 Å². The summed E-state index contributed by atoms with van der Waals surface area (Å²) in [7, 11) is 3.30. The van der Waals surface area contributed by atoms with Gasteiger partial charge in [-0.1, -0.05) is 23.7 Å². The maximum Gasteiger partial charge on any atom is 0.239 e. The van der Waals surface area contributed by atoms with Gasteiger partial charge in [0.2, 0.25) is 5.91 Å². The predicted molar refractivity (Wildman–Crippen MR) is 121 cm³/mol. The molecule has 1 heterocycles. The minimum Gasteiger partial charge on any atom is -0.383 e. The number of aliphatic imine (C=N–C) groups is 1. The summed E-state index contributed by atoms with van der Waals surface area (Å²) in [5.74, 6) is 0.532. The van der Waals surface area contributed by atoms with Crippen molar-refractivity contribution >= 4 is 53.1 Å². The molecule has 2 rings (SSSR count). The standard InChI is InChI=1S/C18H28ClN5O2.HI/c1-20-18(22-12-17(25)21-9-11-26-2)23-14-6-5-10-24(13-14)16-8-4-3-7-15(16)19;/h3-4,7-8,14H,5-6,9-13H2,1-2H3,(H,21,25)(H2,20,22,23);1H. The Bertz CT molecular complexity index is 617. The first-order valence-electron chi connectivity index (χ1n) is 8.86. The number of amides is 1. The Morgan fingerprint density at radius 1 is 1.37 bits per heavy atom. The Kier molecular flexibility index (Phi) is 11.5. The summed E-state index contributed by atoms with van der Waals surface area (Å²) in [5, 5.41) is 9.98. The van der Waals surface area contributed by atoms with E-state index in [1.165, 1.54) is 0 Å². The van der Waals surface area contributed by atoms with Crippen molar-refractivity contribution < 1.29 is 9.53 Å². The molecule has 0 spiro atoms. The number of methoxy groups -OCH3 is 1. The van der Waals surface area contributed by atoms with Crippen LogP contribution < -0.4 is 20.9 Å². The SMILES string of the molecule is CN=C(NCC(=O)NCCOC)NC1CCCN(c2ccccc2Cl)C1.I. The number of piperidine rings is 1. The van der Waals surface area contributed by atoms with E-state index in [9.17, 15) is 4.79 Å². The third-order valence-electron chi connectivity index (χ3n) is 4.22. The molecule has 27 heavy (non-hydrogen) atoms. The van der Waals surface area contributed by atoms with Crippen LogP contribution in [-0.2, 0) is 9.53 Å². The van der Waals surface area contributed by atoms with Crippen LogP contribution >= 0.6 is 35.6 Å². The Balaban J connectivity index is 0.00000364. The van der Waals surface area contributed by atoms with Crippen LogP contribution in [0.4, 0.5) is 5.69 Å². The maximum atomic E-state index is 11.8. The number of guanidine groups is 1. The molecule has 1 aromatic carbocycles. The Labute approximate surface area is 183 Å². The summed E-state index contributed by atoms with van der Waals surface area (Å²) in [5.41, 5.74) is 1.06. The third kappa shape index (κ3) is 8.10. The Morgan fingerprint density at radius 3 is 2.85 bits per heavy atom. The Hall–Kier alpha value is -1.26. The maximum absolute atomic E-state index is 11.8. The average Bonchev–Trinajstić information content (AvgIpc) is 2.66. The highest BCUT2D eigenvalue weighted by atomic mass is 127. The third-order valence-corrected chi connectivity index (χ3v) is 4.54. The van der Waals surface area contributed by atoms with Crippen LogP contribution in [0.3, 0.4) is 0 Å². The van der Waals surface area contributed by atoms with Crippen molar-refractivity contribution in [1.29, 1.82) is 0 Å². The van der Waals surface area contributed by atoms with Crippen molar-refractivity contribution in [2.75, 3.05) is 51.8 Å². The van der Waals surface area contributed by atoms with E-state index >= 15 is 0 Å². The summed E-state index contributed by atoms with van der Waals surface area (Å²) >= 11 is 6.32. The van der Waals surface area contributed by atoms with E-state index in [4.69, 9.17) is 16.3 Å². The zero-order valence-electron chi connectivity index (χ0n) is 15.8. The molecule has 0 bridgehead atoms. The lowest BCUT2D eigenvalue weighted by Crippen LogP contribution is -2.52. The van der Waals surface area contributed by atoms with Gasteiger partial charge in [-0.05, 0) is 25.0 Å². The highest BCUT2D eigenvalue weighted by Gasteiger charge is 2.22. The van der Waals surface area contributed by atoms with Gasteiger partial charge in [0.05, 0.1) is 23.9 Å². The van der Waals surface area contributed by atoms with E-state index in [1.807, 2.05) is 24.3 Å². The fourth-order valence-corrected chi connectivity index (χ4v) is 3.18. The van der Waals surface area contributed by atoms with Crippen LogP contribution in [0, 0.1) is 0 Å². The van der Waals surface area contributed by atoms with E-state index in [0.717, 1.165) is 36.6 Å². The second kappa shape index (κ2) is 13.0. The largest absolute Gasteiger partial charge is 0.383 e. The van der Waals surface area contributed by atoms with Gasteiger partial charge in [-0.25, -0.2) is 0 Å². The zero-order valence-corrected chi connectivity index (χ0v) is 18.9. The molecular weight excluding hydrogens is 481 g/mol. The molecule has 1 fully saturated rings. The van der Waals surface area contributed by atoms with Gasteiger partial charge in [-0.3, -0.25) is 9.79 Å². The smallest absolute Gasteiger partial charge is 0.239 e. The summed E-state index contributed by atoms with van der Waals surface area (Å²) in [6.45, 7) is 2.99. The molecule has 1 aromatic rings. The van der Waals surface area contributed by atoms with E-state index < -0.39 is 0 Å². The lowest BCUT2D eigenvalue weighted by molar-refractivity contribution is -0.120. The first-order valence-corrected chi connectivity index (χ1v) is 9.24. The van der Waals surface area contributed by atoms with Crippen molar-refractivity contribution in [1.82, 2.24) is 16.0 Å². The second-order valence-corrected chi connectivity index (χ2v) is 6.56. The molecule has 1 atom stereocenters. The molecular formula is C18H29ClIN5O2. The van der Waals surface area contributed by atoms with Gasteiger partial charge >= 0.3 is 0 Å². The van der Waals surface area contributed by atoms with Gasteiger partial charge in [0.15, 0.2) is 5.96 Å². The lowest BCUT2D eigenvalue weighted by atomic mass is 10.0. The number of carbonyl (C=O) groups excluding carboxylic acids is 1. The van der Waals surface area contributed by atoms with E-state index in [1.54, 1.807) is 14.2 Å². The number of hydrogen-bond acceptors (Lipinski definition) is 4. The van der Waals surface area contributed by atoms with Gasteiger partial charge in [0.25, 0.3) is 0 Å². The molecule has 152 valence electrons. The molecule has 1 aliphatic rings. The molecule has 0 radical (unpaired) electrons. The number of halogens is 2. The number of nitrogens with zero attached hydrogens (tertiary/aromatic N) is 2. The van der Waals surface area contributed by atoms with Gasteiger partial charge in [0.1, 0.15) is 0 Å². The minimum absolute atomic E-state index is 0. The van der Waals surface area contributed by atoms with Gasteiger partial charge in [-0.2, -0.15) is 0 Å². The van der Waals surface area contributed by atoms with E-state index in [-0.39, 0.29) is 42.5 Å².